The highest BCUT2D eigenvalue weighted by molar-refractivity contribution is 5.80. The van der Waals surface area contributed by atoms with Crippen molar-refractivity contribution in [2.24, 2.45) is 11.8 Å². The zero-order valence-electron chi connectivity index (χ0n) is 18.3. The van der Waals surface area contributed by atoms with Gasteiger partial charge in [0, 0.05) is 38.6 Å². The number of anilines is 1. The van der Waals surface area contributed by atoms with Gasteiger partial charge in [-0.1, -0.05) is 31.4 Å². The van der Waals surface area contributed by atoms with E-state index in [9.17, 15) is 4.79 Å². The van der Waals surface area contributed by atoms with Crippen LogP contribution in [0.2, 0.25) is 0 Å². The van der Waals surface area contributed by atoms with Gasteiger partial charge in [0.2, 0.25) is 11.9 Å². The largest absolute Gasteiger partial charge is 0.342 e. The molecule has 30 heavy (non-hydrogen) atoms. The molecular formula is C25H36N4O. The second kappa shape index (κ2) is 8.99. The van der Waals surface area contributed by atoms with Crippen LogP contribution in [0.4, 0.5) is 5.95 Å². The highest BCUT2D eigenvalue weighted by Gasteiger charge is 2.31. The number of benzene rings is 1. The molecular weight excluding hydrogens is 372 g/mol. The quantitative estimate of drug-likeness (QED) is 0.726. The number of likely N-dealkylation sites (tertiary alicyclic amines) is 1. The lowest BCUT2D eigenvalue weighted by Crippen LogP contribution is -2.45. The molecule has 0 radical (unpaired) electrons. The molecule has 2 aliphatic heterocycles. The highest BCUT2D eigenvalue weighted by Crippen LogP contribution is 2.32. The third-order valence-electron chi connectivity index (χ3n) is 7.59. The smallest absolute Gasteiger partial charge is 0.225 e. The summed E-state index contributed by atoms with van der Waals surface area (Å²) < 4.78 is 2.48. The standard InChI is InChI=1S/C25H36N4O/c30-24(27-15-7-2-8-16-27)21-13-17-28(18-14-21)25-26-22-11-5-6-12-23(22)29(25)19-20-9-3-1-4-10-20/h5-6,11-12,20-21H,1-4,7-10,13-19H2. The Labute approximate surface area is 180 Å². The summed E-state index contributed by atoms with van der Waals surface area (Å²) >= 11 is 0. The lowest BCUT2D eigenvalue weighted by molar-refractivity contribution is -0.137. The number of rotatable bonds is 4. The van der Waals surface area contributed by atoms with Crippen molar-refractivity contribution in [3.63, 3.8) is 0 Å². The molecule has 0 N–H and O–H groups in total. The first kappa shape index (κ1) is 19.9. The molecule has 1 aromatic heterocycles. The van der Waals surface area contributed by atoms with Crippen LogP contribution in [-0.2, 0) is 11.3 Å². The van der Waals surface area contributed by atoms with Crippen LogP contribution in [0.15, 0.2) is 24.3 Å². The number of hydrogen-bond donors (Lipinski definition) is 0. The molecule has 0 spiro atoms. The van der Waals surface area contributed by atoms with Crippen molar-refractivity contribution in [1.29, 1.82) is 0 Å². The fourth-order valence-corrected chi connectivity index (χ4v) is 5.81. The number of amides is 1. The molecule has 5 nitrogen and oxygen atoms in total. The molecule has 162 valence electrons. The van der Waals surface area contributed by atoms with E-state index in [1.165, 1.54) is 56.9 Å². The third-order valence-corrected chi connectivity index (χ3v) is 7.59. The number of para-hydroxylation sites is 2. The Morgan fingerprint density at radius 1 is 0.867 bits per heavy atom. The predicted octanol–water partition coefficient (Wildman–Crippen LogP) is 4.85. The van der Waals surface area contributed by atoms with Crippen LogP contribution in [0.1, 0.15) is 64.2 Å². The molecule has 1 aliphatic carbocycles. The van der Waals surface area contributed by atoms with Crippen LogP contribution in [-0.4, -0.2) is 46.5 Å². The van der Waals surface area contributed by atoms with E-state index in [0.29, 0.717) is 5.91 Å². The molecule has 3 fully saturated rings. The molecule has 1 amide bonds. The summed E-state index contributed by atoms with van der Waals surface area (Å²) in [5.41, 5.74) is 2.37. The number of fused-ring (bicyclic) bond motifs is 1. The lowest BCUT2D eigenvalue weighted by atomic mass is 9.89. The Morgan fingerprint density at radius 2 is 1.57 bits per heavy atom. The lowest BCUT2D eigenvalue weighted by Gasteiger charge is -2.36. The van der Waals surface area contributed by atoms with Gasteiger partial charge in [0.25, 0.3) is 0 Å². The first-order valence-electron chi connectivity index (χ1n) is 12.3. The van der Waals surface area contributed by atoms with Crippen LogP contribution < -0.4 is 4.90 Å². The van der Waals surface area contributed by atoms with E-state index in [0.717, 1.165) is 62.9 Å². The third kappa shape index (κ3) is 4.08. The van der Waals surface area contributed by atoms with Gasteiger partial charge in [-0.2, -0.15) is 0 Å². The molecule has 3 aliphatic rings. The fourth-order valence-electron chi connectivity index (χ4n) is 5.81. The van der Waals surface area contributed by atoms with E-state index in [4.69, 9.17) is 4.98 Å². The van der Waals surface area contributed by atoms with Gasteiger partial charge in [-0.3, -0.25) is 4.79 Å². The zero-order valence-corrected chi connectivity index (χ0v) is 18.3. The van der Waals surface area contributed by atoms with Gasteiger partial charge in [-0.05, 0) is 63.0 Å². The Morgan fingerprint density at radius 3 is 2.33 bits per heavy atom. The van der Waals surface area contributed by atoms with Crippen LogP contribution >= 0.6 is 0 Å². The second-order valence-corrected chi connectivity index (χ2v) is 9.66. The number of piperidine rings is 2. The number of aromatic nitrogens is 2. The van der Waals surface area contributed by atoms with E-state index >= 15 is 0 Å². The van der Waals surface area contributed by atoms with Crippen molar-refractivity contribution in [3.05, 3.63) is 24.3 Å². The minimum absolute atomic E-state index is 0.204. The molecule has 2 saturated heterocycles. The Balaban J connectivity index is 1.31. The molecule has 2 aromatic rings. The van der Waals surface area contributed by atoms with Gasteiger partial charge in [-0.25, -0.2) is 4.98 Å². The van der Waals surface area contributed by atoms with Gasteiger partial charge >= 0.3 is 0 Å². The molecule has 0 unspecified atom stereocenters. The molecule has 3 heterocycles. The summed E-state index contributed by atoms with van der Waals surface area (Å²) in [7, 11) is 0. The topological polar surface area (TPSA) is 41.4 Å². The Bertz CT molecular complexity index is 855. The van der Waals surface area contributed by atoms with E-state index in [2.05, 4.69) is 38.6 Å². The number of imidazole rings is 1. The number of carbonyl (C=O) groups excluding carboxylic acids is 1. The van der Waals surface area contributed by atoms with Crippen LogP contribution in [0, 0.1) is 11.8 Å². The predicted molar refractivity (Wildman–Crippen MR) is 122 cm³/mol. The molecule has 1 aromatic carbocycles. The molecule has 5 heteroatoms. The van der Waals surface area contributed by atoms with Gasteiger partial charge in [0.1, 0.15) is 0 Å². The van der Waals surface area contributed by atoms with Crippen molar-refractivity contribution in [3.8, 4) is 0 Å². The van der Waals surface area contributed by atoms with Crippen LogP contribution in [0.5, 0.6) is 0 Å². The Hall–Kier alpha value is -2.04. The summed E-state index contributed by atoms with van der Waals surface area (Å²) in [6.07, 6.45) is 12.4. The van der Waals surface area contributed by atoms with Crippen molar-refractivity contribution < 1.29 is 4.79 Å². The average Bonchev–Trinajstić information content (AvgIpc) is 3.18. The maximum atomic E-state index is 13.0. The molecule has 0 atom stereocenters. The van der Waals surface area contributed by atoms with E-state index in [1.54, 1.807) is 0 Å². The minimum atomic E-state index is 0.204. The number of nitrogens with zero attached hydrogens (tertiary/aromatic N) is 4. The monoisotopic (exact) mass is 408 g/mol. The molecule has 0 bridgehead atoms. The van der Waals surface area contributed by atoms with Crippen LogP contribution in [0.3, 0.4) is 0 Å². The normalized spacial score (nSPS) is 22.0. The van der Waals surface area contributed by atoms with Crippen LogP contribution in [0.25, 0.3) is 11.0 Å². The van der Waals surface area contributed by atoms with E-state index in [1.807, 2.05) is 0 Å². The zero-order chi connectivity index (χ0) is 20.3. The van der Waals surface area contributed by atoms with Crippen molar-refractivity contribution >= 4 is 22.9 Å². The van der Waals surface area contributed by atoms with E-state index in [-0.39, 0.29) is 5.92 Å². The number of hydrogen-bond acceptors (Lipinski definition) is 3. The van der Waals surface area contributed by atoms with Crippen molar-refractivity contribution in [2.75, 3.05) is 31.1 Å². The molecule has 1 saturated carbocycles. The summed E-state index contributed by atoms with van der Waals surface area (Å²) in [5, 5.41) is 0. The summed E-state index contributed by atoms with van der Waals surface area (Å²) in [6.45, 7) is 4.91. The fraction of sp³-hybridized carbons (Fsp3) is 0.680. The van der Waals surface area contributed by atoms with Crippen molar-refractivity contribution in [1.82, 2.24) is 14.5 Å². The van der Waals surface area contributed by atoms with Gasteiger partial charge in [0.05, 0.1) is 11.0 Å². The SMILES string of the molecule is O=C(C1CCN(c2nc3ccccc3n2CC2CCCCC2)CC1)N1CCCCC1. The van der Waals surface area contributed by atoms with E-state index < -0.39 is 0 Å². The minimum Gasteiger partial charge on any atom is -0.342 e. The first-order chi connectivity index (χ1) is 14.8. The van der Waals surface area contributed by atoms with Gasteiger partial charge < -0.3 is 14.4 Å². The maximum Gasteiger partial charge on any atom is 0.225 e. The van der Waals surface area contributed by atoms with Gasteiger partial charge in [0.15, 0.2) is 0 Å². The van der Waals surface area contributed by atoms with Crippen molar-refractivity contribution in [2.45, 2.75) is 70.8 Å². The first-order valence-corrected chi connectivity index (χ1v) is 12.3. The maximum absolute atomic E-state index is 13.0. The summed E-state index contributed by atoms with van der Waals surface area (Å²) in [4.78, 5) is 22.6. The summed E-state index contributed by atoms with van der Waals surface area (Å²) in [5.74, 6) is 2.51. The number of carbonyl (C=O) groups is 1. The Kier molecular flexibility index (Phi) is 5.96. The van der Waals surface area contributed by atoms with Gasteiger partial charge in [-0.15, -0.1) is 0 Å². The summed E-state index contributed by atoms with van der Waals surface area (Å²) in [6, 6.07) is 8.59. The average molecular weight is 409 g/mol. The second-order valence-electron chi connectivity index (χ2n) is 9.66. The molecule has 5 rings (SSSR count). The highest BCUT2D eigenvalue weighted by atomic mass is 16.2.